The van der Waals surface area contributed by atoms with Crippen LogP contribution in [-0.2, 0) is 10.8 Å². The summed E-state index contributed by atoms with van der Waals surface area (Å²) < 4.78 is 6.31. The van der Waals surface area contributed by atoms with Crippen LogP contribution in [0.2, 0.25) is 0 Å². The summed E-state index contributed by atoms with van der Waals surface area (Å²) in [6.07, 6.45) is 0. The van der Waals surface area contributed by atoms with Gasteiger partial charge in [-0.25, -0.2) is 0 Å². The van der Waals surface area contributed by atoms with Gasteiger partial charge in [0.1, 0.15) is 11.2 Å². The predicted molar refractivity (Wildman–Crippen MR) is 209 cm³/mol. The van der Waals surface area contributed by atoms with Gasteiger partial charge in [0.05, 0.1) is 5.69 Å². The first-order valence-electron chi connectivity index (χ1n) is 17.6. The van der Waals surface area contributed by atoms with Gasteiger partial charge in [-0.15, -0.1) is 0 Å². The molecule has 0 amide bonds. The Kier molecular flexibility index (Phi) is 6.01. The van der Waals surface area contributed by atoms with Gasteiger partial charge in [-0.05, 0) is 98.6 Å². The fraction of sp³-hybridized carbons (Fsp3) is 0.125. The standard InChI is InChI=1S/C48H37NO/c1-47(2)40-19-9-6-17-38(40)46-41(47)20-12-21-43(46)49(33-24-26-35-34-15-5-8-18-39(34)48(3,4)42(35)29-33)32-14-11-13-30(27-32)31-23-25-37-36-16-7-10-22-44(36)50-45(37)28-31/h5-29H,1-4H3. The van der Waals surface area contributed by atoms with Crippen molar-refractivity contribution in [1.29, 1.82) is 0 Å². The summed E-state index contributed by atoms with van der Waals surface area (Å²) in [4.78, 5) is 2.49. The van der Waals surface area contributed by atoms with Crippen molar-refractivity contribution in [3.63, 3.8) is 0 Å². The normalized spacial score (nSPS) is 14.7. The Morgan fingerprint density at radius 3 is 1.90 bits per heavy atom. The number of hydrogen-bond acceptors (Lipinski definition) is 2. The van der Waals surface area contributed by atoms with Crippen molar-refractivity contribution in [2.75, 3.05) is 4.90 Å². The molecule has 0 fully saturated rings. The average Bonchev–Trinajstić information content (AvgIpc) is 3.72. The first-order valence-corrected chi connectivity index (χ1v) is 17.6. The van der Waals surface area contributed by atoms with Crippen LogP contribution in [0.5, 0.6) is 0 Å². The molecular formula is C48H37NO. The number of nitrogens with zero attached hydrogens (tertiary/aromatic N) is 1. The number of anilines is 3. The molecule has 10 rings (SSSR count). The molecular weight excluding hydrogens is 607 g/mol. The molecule has 1 heterocycles. The number of para-hydroxylation sites is 1. The van der Waals surface area contributed by atoms with Crippen LogP contribution in [0.4, 0.5) is 17.1 Å². The van der Waals surface area contributed by atoms with Crippen molar-refractivity contribution < 1.29 is 4.42 Å². The lowest BCUT2D eigenvalue weighted by atomic mass is 9.82. The van der Waals surface area contributed by atoms with E-state index in [2.05, 4.69) is 172 Å². The van der Waals surface area contributed by atoms with Gasteiger partial charge in [-0.3, -0.25) is 0 Å². The van der Waals surface area contributed by atoms with Gasteiger partial charge in [0.2, 0.25) is 0 Å². The highest BCUT2D eigenvalue weighted by molar-refractivity contribution is 6.06. The topological polar surface area (TPSA) is 16.4 Å². The van der Waals surface area contributed by atoms with Crippen molar-refractivity contribution in [1.82, 2.24) is 0 Å². The number of hydrogen-bond donors (Lipinski definition) is 0. The molecule has 50 heavy (non-hydrogen) atoms. The van der Waals surface area contributed by atoms with E-state index in [9.17, 15) is 0 Å². The third kappa shape index (κ3) is 4.02. The third-order valence-electron chi connectivity index (χ3n) is 11.5. The molecule has 0 N–H and O–H groups in total. The largest absolute Gasteiger partial charge is 0.456 e. The van der Waals surface area contributed by atoms with Gasteiger partial charge in [-0.2, -0.15) is 0 Å². The van der Waals surface area contributed by atoms with Gasteiger partial charge >= 0.3 is 0 Å². The third-order valence-corrected chi connectivity index (χ3v) is 11.5. The van der Waals surface area contributed by atoms with E-state index in [0.29, 0.717) is 0 Å². The molecule has 7 aromatic carbocycles. The smallest absolute Gasteiger partial charge is 0.136 e. The summed E-state index contributed by atoms with van der Waals surface area (Å²) in [6, 6.07) is 55.7. The minimum absolute atomic E-state index is 0.0982. The second-order valence-electron chi connectivity index (χ2n) is 15.0. The Morgan fingerprint density at radius 2 is 1.04 bits per heavy atom. The molecule has 0 spiro atoms. The summed E-state index contributed by atoms with van der Waals surface area (Å²) in [6.45, 7) is 9.44. The molecule has 0 radical (unpaired) electrons. The second kappa shape index (κ2) is 10.3. The van der Waals surface area contributed by atoms with E-state index in [4.69, 9.17) is 4.42 Å². The van der Waals surface area contributed by atoms with E-state index in [0.717, 1.165) is 44.4 Å². The van der Waals surface area contributed by atoms with Crippen LogP contribution in [0.25, 0.3) is 55.3 Å². The summed E-state index contributed by atoms with van der Waals surface area (Å²) in [5.74, 6) is 0. The highest BCUT2D eigenvalue weighted by Crippen LogP contribution is 2.55. The van der Waals surface area contributed by atoms with E-state index in [1.807, 2.05) is 12.1 Å². The quantitative estimate of drug-likeness (QED) is 0.190. The minimum Gasteiger partial charge on any atom is -0.456 e. The van der Waals surface area contributed by atoms with Gasteiger partial charge in [0, 0.05) is 38.5 Å². The lowest BCUT2D eigenvalue weighted by molar-refractivity contribution is 0.660. The Labute approximate surface area is 293 Å². The first kappa shape index (κ1) is 29.1. The number of fused-ring (bicyclic) bond motifs is 9. The molecule has 2 nitrogen and oxygen atoms in total. The van der Waals surface area contributed by atoms with E-state index in [-0.39, 0.29) is 10.8 Å². The van der Waals surface area contributed by atoms with Crippen molar-refractivity contribution in [2.45, 2.75) is 38.5 Å². The van der Waals surface area contributed by atoms with Gasteiger partial charge in [-0.1, -0.05) is 131 Å². The first-order chi connectivity index (χ1) is 24.3. The number of furan rings is 1. The molecule has 8 aromatic rings. The highest BCUT2D eigenvalue weighted by atomic mass is 16.3. The highest BCUT2D eigenvalue weighted by Gasteiger charge is 2.39. The Morgan fingerprint density at radius 1 is 0.420 bits per heavy atom. The maximum absolute atomic E-state index is 6.31. The van der Waals surface area contributed by atoms with E-state index in [1.165, 1.54) is 50.2 Å². The van der Waals surface area contributed by atoms with E-state index in [1.54, 1.807) is 0 Å². The van der Waals surface area contributed by atoms with Crippen molar-refractivity contribution in [3.05, 3.63) is 174 Å². The van der Waals surface area contributed by atoms with Crippen molar-refractivity contribution in [3.8, 4) is 33.4 Å². The van der Waals surface area contributed by atoms with E-state index >= 15 is 0 Å². The van der Waals surface area contributed by atoms with Crippen LogP contribution in [0.1, 0.15) is 49.9 Å². The molecule has 0 saturated carbocycles. The fourth-order valence-electron chi connectivity index (χ4n) is 8.91. The molecule has 2 aliphatic rings. The predicted octanol–water partition coefficient (Wildman–Crippen LogP) is 13.3. The van der Waals surface area contributed by atoms with Crippen LogP contribution in [0.3, 0.4) is 0 Å². The molecule has 0 aliphatic heterocycles. The molecule has 240 valence electrons. The SMILES string of the molecule is CC1(C)c2ccccc2-c2ccc(N(c3cccc(-c4ccc5c(c4)oc4ccccc45)c3)c3cccc4c3-c3ccccc3C4(C)C)cc21. The average molecular weight is 644 g/mol. The summed E-state index contributed by atoms with van der Waals surface area (Å²) in [7, 11) is 0. The van der Waals surface area contributed by atoms with Crippen molar-refractivity contribution >= 4 is 39.0 Å². The Balaban J connectivity index is 1.19. The number of benzene rings is 7. The lowest BCUT2D eigenvalue weighted by Gasteiger charge is -2.30. The van der Waals surface area contributed by atoms with Crippen LogP contribution < -0.4 is 4.90 Å². The molecule has 2 aliphatic carbocycles. The Hall–Kier alpha value is -5.86. The molecule has 2 heteroatoms. The summed E-state index contributed by atoms with van der Waals surface area (Å²) >= 11 is 0. The monoisotopic (exact) mass is 643 g/mol. The maximum Gasteiger partial charge on any atom is 0.136 e. The molecule has 0 unspecified atom stereocenters. The van der Waals surface area contributed by atoms with Gasteiger partial charge < -0.3 is 9.32 Å². The summed E-state index contributed by atoms with van der Waals surface area (Å²) in [5.41, 5.74) is 18.2. The van der Waals surface area contributed by atoms with Crippen LogP contribution in [-0.4, -0.2) is 0 Å². The van der Waals surface area contributed by atoms with Crippen LogP contribution in [0, 0.1) is 0 Å². The van der Waals surface area contributed by atoms with Crippen LogP contribution >= 0.6 is 0 Å². The van der Waals surface area contributed by atoms with Gasteiger partial charge in [0.15, 0.2) is 0 Å². The number of rotatable bonds is 4. The minimum atomic E-state index is -0.106. The van der Waals surface area contributed by atoms with E-state index < -0.39 is 0 Å². The molecule has 1 aromatic heterocycles. The zero-order valence-corrected chi connectivity index (χ0v) is 28.8. The Bertz CT molecular complexity index is 2670. The maximum atomic E-state index is 6.31. The molecule has 0 saturated heterocycles. The second-order valence-corrected chi connectivity index (χ2v) is 15.0. The zero-order valence-electron chi connectivity index (χ0n) is 28.8. The van der Waals surface area contributed by atoms with Crippen molar-refractivity contribution in [2.24, 2.45) is 0 Å². The zero-order chi connectivity index (χ0) is 33.8. The molecule has 0 bridgehead atoms. The fourth-order valence-corrected chi connectivity index (χ4v) is 8.91. The van der Waals surface area contributed by atoms with Crippen LogP contribution in [0.15, 0.2) is 156 Å². The molecule has 0 atom stereocenters. The van der Waals surface area contributed by atoms with Gasteiger partial charge in [0.25, 0.3) is 0 Å². The summed E-state index contributed by atoms with van der Waals surface area (Å²) in [5, 5.41) is 2.29. The lowest BCUT2D eigenvalue weighted by Crippen LogP contribution is -2.17.